The van der Waals surface area contributed by atoms with Crippen LogP contribution in [0.4, 0.5) is 4.79 Å². The second-order valence-electron chi connectivity index (χ2n) is 5.34. The molecule has 0 aromatic heterocycles. The van der Waals surface area contributed by atoms with E-state index in [2.05, 4.69) is 17.2 Å². The molecule has 0 spiro atoms. The maximum Gasteiger partial charge on any atom is 0.329 e. The van der Waals surface area contributed by atoms with E-state index >= 15 is 0 Å². The Bertz CT molecular complexity index is 362. The average Bonchev–Trinajstić information content (AvgIpc) is 2.38. The van der Waals surface area contributed by atoms with Gasteiger partial charge in [0, 0.05) is 6.54 Å². The highest BCUT2D eigenvalue weighted by atomic mass is 16.5. The Balaban J connectivity index is 2.32. The summed E-state index contributed by atoms with van der Waals surface area (Å²) in [6.07, 6.45) is 3.65. The quantitative estimate of drug-likeness (QED) is 0.490. The van der Waals surface area contributed by atoms with E-state index in [9.17, 15) is 14.7 Å². The lowest BCUT2D eigenvalue weighted by molar-refractivity contribution is -0.145. The fraction of sp³-hybridized carbons (Fsp3) is 0.714. The van der Waals surface area contributed by atoms with Gasteiger partial charge < -0.3 is 20.5 Å². The van der Waals surface area contributed by atoms with Gasteiger partial charge in [0.05, 0.1) is 13.2 Å². The number of carboxylic acids is 1. The number of carbonyl (C=O) groups is 2. The molecule has 0 aromatic carbocycles. The first-order valence-corrected chi connectivity index (χ1v) is 6.98. The van der Waals surface area contributed by atoms with Crippen molar-refractivity contribution in [2.45, 2.75) is 44.6 Å². The summed E-state index contributed by atoms with van der Waals surface area (Å²) in [7, 11) is 0. The maximum atomic E-state index is 11.8. The highest BCUT2D eigenvalue weighted by Crippen LogP contribution is 2.28. The van der Waals surface area contributed by atoms with Crippen molar-refractivity contribution >= 4 is 12.0 Å². The van der Waals surface area contributed by atoms with Crippen LogP contribution in [0.2, 0.25) is 0 Å². The van der Waals surface area contributed by atoms with Crippen LogP contribution in [0, 0.1) is 0 Å². The van der Waals surface area contributed by atoms with Gasteiger partial charge in [0.15, 0.2) is 0 Å². The number of carbonyl (C=O) groups excluding carboxylic acids is 1. The molecule has 114 valence electrons. The Morgan fingerprint density at radius 2 is 1.95 bits per heavy atom. The molecule has 1 fully saturated rings. The summed E-state index contributed by atoms with van der Waals surface area (Å²) in [5.74, 6) is -0.953. The highest BCUT2D eigenvalue weighted by molar-refractivity contribution is 5.86. The number of rotatable bonds is 7. The summed E-state index contributed by atoms with van der Waals surface area (Å²) in [4.78, 5) is 23.1. The molecule has 0 unspecified atom stereocenters. The number of urea groups is 1. The highest BCUT2D eigenvalue weighted by Gasteiger charge is 2.40. The fourth-order valence-corrected chi connectivity index (χ4v) is 2.29. The van der Waals surface area contributed by atoms with Crippen LogP contribution in [0.15, 0.2) is 12.2 Å². The minimum absolute atomic E-state index is 0.342. The zero-order chi connectivity index (χ0) is 15.0. The topological polar surface area (TPSA) is 87.7 Å². The maximum absolute atomic E-state index is 11.8. The normalized spacial score (nSPS) is 17.2. The van der Waals surface area contributed by atoms with Crippen LogP contribution >= 0.6 is 0 Å². The van der Waals surface area contributed by atoms with E-state index in [1.165, 1.54) is 0 Å². The fourth-order valence-electron chi connectivity index (χ4n) is 2.29. The standard InChI is InChI=1S/C14H24N2O4/c1-11(2)10-20-9-8-15-13(19)16-14(12(17)18)6-4-3-5-7-14/h1,3-10H2,2H3,(H,17,18)(H2,15,16,19). The molecular formula is C14H24N2O4. The van der Waals surface area contributed by atoms with Gasteiger partial charge in [-0.15, -0.1) is 0 Å². The van der Waals surface area contributed by atoms with Crippen molar-refractivity contribution in [3.05, 3.63) is 12.2 Å². The molecule has 0 aromatic rings. The molecule has 0 aliphatic heterocycles. The smallest absolute Gasteiger partial charge is 0.329 e. The Hall–Kier alpha value is -1.56. The molecule has 6 nitrogen and oxygen atoms in total. The predicted molar refractivity (Wildman–Crippen MR) is 75.6 cm³/mol. The summed E-state index contributed by atoms with van der Waals surface area (Å²) < 4.78 is 5.25. The zero-order valence-corrected chi connectivity index (χ0v) is 12.0. The monoisotopic (exact) mass is 284 g/mol. The number of carboxylic acid groups (broad SMARTS) is 1. The third kappa shape index (κ3) is 5.21. The van der Waals surface area contributed by atoms with E-state index in [-0.39, 0.29) is 0 Å². The molecule has 0 saturated heterocycles. The SMILES string of the molecule is C=C(C)COCCNC(=O)NC1(C(=O)O)CCCCC1. The first kappa shape index (κ1) is 16.5. The molecule has 2 amide bonds. The number of nitrogens with one attached hydrogen (secondary N) is 2. The van der Waals surface area contributed by atoms with Gasteiger partial charge in [0.2, 0.25) is 0 Å². The van der Waals surface area contributed by atoms with Crippen molar-refractivity contribution in [2.75, 3.05) is 19.8 Å². The molecular weight excluding hydrogens is 260 g/mol. The van der Waals surface area contributed by atoms with Gasteiger partial charge in [-0.1, -0.05) is 31.4 Å². The summed E-state index contributed by atoms with van der Waals surface area (Å²) in [5.41, 5.74) is -0.192. The van der Waals surface area contributed by atoms with Gasteiger partial charge in [-0.2, -0.15) is 0 Å². The van der Waals surface area contributed by atoms with E-state index < -0.39 is 17.5 Å². The lowest BCUT2D eigenvalue weighted by Crippen LogP contribution is -2.58. The lowest BCUT2D eigenvalue weighted by Gasteiger charge is -2.33. The molecule has 20 heavy (non-hydrogen) atoms. The van der Waals surface area contributed by atoms with E-state index in [0.717, 1.165) is 24.8 Å². The summed E-state index contributed by atoms with van der Waals surface area (Å²) in [5, 5.41) is 14.6. The van der Waals surface area contributed by atoms with Gasteiger partial charge in [-0.05, 0) is 19.8 Å². The zero-order valence-electron chi connectivity index (χ0n) is 12.0. The molecule has 1 aliphatic rings. The van der Waals surface area contributed by atoms with E-state index in [1.807, 2.05) is 6.92 Å². The van der Waals surface area contributed by atoms with E-state index in [4.69, 9.17) is 4.74 Å². The molecule has 0 radical (unpaired) electrons. The first-order valence-electron chi connectivity index (χ1n) is 6.98. The van der Waals surface area contributed by atoms with E-state index in [0.29, 0.717) is 32.6 Å². The summed E-state index contributed by atoms with van der Waals surface area (Å²) in [6.45, 7) is 6.74. The number of ether oxygens (including phenoxy) is 1. The van der Waals surface area contributed by atoms with Crippen molar-refractivity contribution in [3.63, 3.8) is 0 Å². The number of aliphatic carboxylic acids is 1. The average molecular weight is 284 g/mol. The molecule has 0 bridgehead atoms. The Morgan fingerprint density at radius 1 is 1.30 bits per heavy atom. The summed E-state index contributed by atoms with van der Waals surface area (Å²) in [6, 6.07) is -0.451. The van der Waals surface area contributed by atoms with Crippen LogP contribution in [-0.4, -0.2) is 42.4 Å². The van der Waals surface area contributed by atoms with Crippen molar-refractivity contribution in [1.82, 2.24) is 10.6 Å². The third-order valence-corrected chi connectivity index (χ3v) is 3.35. The van der Waals surface area contributed by atoms with Crippen LogP contribution in [0.3, 0.4) is 0 Å². The summed E-state index contributed by atoms with van der Waals surface area (Å²) >= 11 is 0. The van der Waals surface area contributed by atoms with Crippen molar-refractivity contribution in [1.29, 1.82) is 0 Å². The minimum atomic E-state index is -1.11. The van der Waals surface area contributed by atoms with Crippen molar-refractivity contribution in [3.8, 4) is 0 Å². The van der Waals surface area contributed by atoms with Crippen molar-refractivity contribution < 1.29 is 19.4 Å². The van der Waals surface area contributed by atoms with Crippen LogP contribution in [0.1, 0.15) is 39.0 Å². The second kappa shape index (κ2) is 7.89. The first-order chi connectivity index (χ1) is 9.46. The lowest BCUT2D eigenvalue weighted by atomic mass is 9.82. The molecule has 0 heterocycles. The van der Waals surface area contributed by atoms with E-state index in [1.54, 1.807) is 0 Å². The van der Waals surface area contributed by atoms with Gasteiger partial charge in [0.1, 0.15) is 5.54 Å². The molecule has 6 heteroatoms. The third-order valence-electron chi connectivity index (χ3n) is 3.35. The van der Waals surface area contributed by atoms with Gasteiger partial charge >= 0.3 is 12.0 Å². The number of hydrogen-bond donors (Lipinski definition) is 3. The van der Waals surface area contributed by atoms with Gasteiger partial charge in [-0.25, -0.2) is 9.59 Å². The Morgan fingerprint density at radius 3 is 2.50 bits per heavy atom. The predicted octanol–water partition coefficient (Wildman–Crippen LogP) is 1.67. The number of hydrogen-bond acceptors (Lipinski definition) is 3. The van der Waals surface area contributed by atoms with Crippen LogP contribution in [0.25, 0.3) is 0 Å². The van der Waals surface area contributed by atoms with Crippen LogP contribution in [-0.2, 0) is 9.53 Å². The second-order valence-corrected chi connectivity index (χ2v) is 5.34. The minimum Gasteiger partial charge on any atom is -0.480 e. The Kier molecular flexibility index (Phi) is 6.51. The molecule has 1 aliphatic carbocycles. The molecule has 3 N–H and O–H groups in total. The van der Waals surface area contributed by atoms with Crippen LogP contribution in [0.5, 0.6) is 0 Å². The molecule has 1 rings (SSSR count). The van der Waals surface area contributed by atoms with Gasteiger partial charge in [-0.3, -0.25) is 0 Å². The van der Waals surface area contributed by atoms with Crippen LogP contribution < -0.4 is 10.6 Å². The van der Waals surface area contributed by atoms with Crippen molar-refractivity contribution in [2.24, 2.45) is 0 Å². The molecule has 1 saturated carbocycles. The largest absolute Gasteiger partial charge is 0.480 e. The Labute approximate surface area is 119 Å². The molecule has 0 atom stereocenters. The number of amides is 2. The van der Waals surface area contributed by atoms with Gasteiger partial charge in [0.25, 0.3) is 0 Å².